The molecule has 0 bridgehead atoms. The van der Waals surface area contributed by atoms with Crippen LogP contribution in [-0.2, 0) is 22.6 Å². The van der Waals surface area contributed by atoms with Gasteiger partial charge in [0.25, 0.3) is 0 Å². The van der Waals surface area contributed by atoms with Crippen LogP contribution in [0.1, 0.15) is 24.7 Å². The number of carbonyl (C=O) groups is 2. The Morgan fingerprint density at radius 3 is 2.65 bits per heavy atom. The van der Waals surface area contributed by atoms with Crippen LogP contribution in [0.15, 0.2) is 47.1 Å². The highest BCUT2D eigenvalue weighted by molar-refractivity contribution is 5.94. The second kappa shape index (κ2) is 8.14. The molecular formula is C17H20N2O4. The van der Waals surface area contributed by atoms with Crippen molar-refractivity contribution in [2.45, 2.75) is 32.4 Å². The van der Waals surface area contributed by atoms with E-state index in [1.165, 1.54) is 6.26 Å². The van der Waals surface area contributed by atoms with Crippen LogP contribution in [0, 0.1) is 0 Å². The van der Waals surface area contributed by atoms with E-state index in [2.05, 4.69) is 10.6 Å². The molecule has 0 saturated carbocycles. The number of aryl methyl sites for hydroxylation is 1. The summed E-state index contributed by atoms with van der Waals surface area (Å²) in [5.41, 5.74) is 1.73. The zero-order valence-electron chi connectivity index (χ0n) is 12.9. The van der Waals surface area contributed by atoms with Crippen LogP contribution in [0.5, 0.6) is 0 Å². The number of hydrogen-bond acceptors (Lipinski definition) is 4. The number of anilines is 1. The lowest BCUT2D eigenvalue weighted by atomic mass is 10.1. The molecule has 1 atom stereocenters. The van der Waals surface area contributed by atoms with Gasteiger partial charge in [0.05, 0.1) is 19.2 Å². The number of carbonyl (C=O) groups excluding carboxylic acids is 1. The average Bonchev–Trinajstić information content (AvgIpc) is 3.05. The Hall–Kier alpha value is -2.60. The number of aliphatic carboxylic acids is 1. The number of amides is 1. The van der Waals surface area contributed by atoms with E-state index in [0.717, 1.165) is 17.7 Å². The predicted octanol–water partition coefficient (Wildman–Crippen LogP) is 2.41. The molecule has 1 aromatic carbocycles. The first-order chi connectivity index (χ1) is 11.1. The second-order valence-electron chi connectivity index (χ2n) is 5.11. The topological polar surface area (TPSA) is 91.6 Å². The Kier molecular flexibility index (Phi) is 5.94. The molecular weight excluding hydrogens is 296 g/mol. The van der Waals surface area contributed by atoms with Crippen molar-refractivity contribution in [1.82, 2.24) is 5.32 Å². The fourth-order valence-corrected chi connectivity index (χ4v) is 2.22. The van der Waals surface area contributed by atoms with Crippen molar-refractivity contribution in [2.24, 2.45) is 0 Å². The minimum absolute atomic E-state index is 0.159. The first kappa shape index (κ1) is 16.8. The predicted molar refractivity (Wildman–Crippen MR) is 86.0 cm³/mol. The van der Waals surface area contributed by atoms with Crippen LogP contribution in [0.25, 0.3) is 0 Å². The van der Waals surface area contributed by atoms with Crippen molar-refractivity contribution in [3.05, 3.63) is 54.0 Å². The Morgan fingerprint density at radius 2 is 2.00 bits per heavy atom. The summed E-state index contributed by atoms with van der Waals surface area (Å²) < 4.78 is 5.14. The van der Waals surface area contributed by atoms with Gasteiger partial charge >= 0.3 is 5.97 Å². The lowest BCUT2D eigenvalue weighted by molar-refractivity contribution is -0.141. The molecule has 0 spiro atoms. The highest BCUT2D eigenvalue weighted by Crippen LogP contribution is 2.16. The maximum absolute atomic E-state index is 12.1. The van der Waals surface area contributed by atoms with E-state index < -0.39 is 12.0 Å². The van der Waals surface area contributed by atoms with Crippen LogP contribution >= 0.6 is 0 Å². The van der Waals surface area contributed by atoms with E-state index in [0.29, 0.717) is 5.76 Å². The molecule has 23 heavy (non-hydrogen) atoms. The third-order valence-electron chi connectivity index (χ3n) is 3.46. The molecule has 0 aliphatic heterocycles. The summed E-state index contributed by atoms with van der Waals surface area (Å²) in [6, 6.07) is 9.96. The number of nitrogens with one attached hydrogen (secondary N) is 2. The van der Waals surface area contributed by atoms with Gasteiger partial charge in [-0.3, -0.25) is 14.9 Å². The number of hydrogen-bond donors (Lipinski definition) is 3. The van der Waals surface area contributed by atoms with Gasteiger partial charge in [-0.15, -0.1) is 0 Å². The zero-order chi connectivity index (χ0) is 16.7. The van der Waals surface area contributed by atoms with Gasteiger partial charge in [-0.05, 0) is 30.2 Å². The molecule has 122 valence electrons. The van der Waals surface area contributed by atoms with Crippen molar-refractivity contribution >= 4 is 17.6 Å². The fraction of sp³-hybridized carbons (Fsp3) is 0.294. The van der Waals surface area contributed by atoms with Gasteiger partial charge in [0.2, 0.25) is 5.91 Å². The van der Waals surface area contributed by atoms with Gasteiger partial charge in [0.15, 0.2) is 0 Å². The molecule has 2 rings (SSSR count). The molecule has 6 nitrogen and oxygen atoms in total. The normalized spacial score (nSPS) is 11.9. The monoisotopic (exact) mass is 316 g/mol. The number of rotatable bonds is 8. The van der Waals surface area contributed by atoms with Crippen molar-refractivity contribution in [3.63, 3.8) is 0 Å². The van der Waals surface area contributed by atoms with Gasteiger partial charge in [-0.2, -0.15) is 0 Å². The summed E-state index contributed by atoms with van der Waals surface area (Å²) in [5.74, 6) is -0.797. The number of carboxylic acids is 1. The molecule has 3 N–H and O–H groups in total. The molecule has 1 amide bonds. The third-order valence-corrected chi connectivity index (χ3v) is 3.46. The van der Waals surface area contributed by atoms with Crippen LogP contribution in [0.2, 0.25) is 0 Å². The van der Waals surface area contributed by atoms with Crippen LogP contribution in [-0.4, -0.2) is 23.0 Å². The van der Waals surface area contributed by atoms with Gasteiger partial charge in [-0.1, -0.05) is 25.1 Å². The Labute approximate surface area is 134 Å². The third kappa shape index (κ3) is 4.96. The summed E-state index contributed by atoms with van der Waals surface area (Å²) in [6.07, 6.45) is 2.14. The quantitative estimate of drug-likeness (QED) is 0.695. The molecule has 0 saturated heterocycles. The SMILES string of the molecule is CCc1ccccc1NC(=O)CC(NCc1ccco1)C(=O)O. The average molecular weight is 316 g/mol. The lowest BCUT2D eigenvalue weighted by Gasteiger charge is -2.15. The van der Waals surface area contributed by atoms with E-state index >= 15 is 0 Å². The van der Waals surface area contributed by atoms with Crippen LogP contribution in [0.4, 0.5) is 5.69 Å². The molecule has 1 heterocycles. The lowest BCUT2D eigenvalue weighted by Crippen LogP contribution is -2.39. The minimum Gasteiger partial charge on any atom is -0.480 e. The molecule has 6 heteroatoms. The van der Waals surface area contributed by atoms with E-state index in [1.54, 1.807) is 12.1 Å². The second-order valence-corrected chi connectivity index (χ2v) is 5.11. The van der Waals surface area contributed by atoms with Crippen molar-refractivity contribution < 1.29 is 19.1 Å². The fourth-order valence-electron chi connectivity index (χ4n) is 2.22. The summed E-state index contributed by atoms with van der Waals surface area (Å²) >= 11 is 0. The highest BCUT2D eigenvalue weighted by Gasteiger charge is 2.21. The Bertz CT molecular complexity index is 652. The van der Waals surface area contributed by atoms with Crippen LogP contribution < -0.4 is 10.6 Å². The summed E-state index contributed by atoms with van der Waals surface area (Å²) in [5, 5.41) is 14.8. The van der Waals surface area contributed by atoms with E-state index in [1.807, 2.05) is 31.2 Å². The standard InChI is InChI=1S/C17H20N2O4/c1-2-12-6-3-4-8-14(12)19-16(20)10-15(17(21)22)18-11-13-7-5-9-23-13/h3-9,15,18H,2,10-11H2,1H3,(H,19,20)(H,21,22). The van der Waals surface area contributed by atoms with E-state index in [9.17, 15) is 14.7 Å². The molecule has 0 aliphatic rings. The molecule has 2 aromatic rings. The minimum atomic E-state index is -1.07. The number of para-hydroxylation sites is 1. The van der Waals surface area contributed by atoms with Gasteiger partial charge in [-0.25, -0.2) is 0 Å². The van der Waals surface area contributed by atoms with Crippen molar-refractivity contribution in [1.29, 1.82) is 0 Å². The molecule has 0 radical (unpaired) electrons. The first-order valence-corrected chi connectivity index (χ1v) is 7.46. The summed E-state index contributed by atoms with van der Waals surface area (Å²) in [7, 11) is 0. The summed E-state index contributed by atoms with van der Waals surface area (Å²) in [4.78, 5) is 23.4. The Morgan fingerprint density at radius 1 is 1.22 bits per heavy atom. The van der Waals surface area contributed by atoms with Gasteiger partial charge in [0.1, 0.15) is 11.8 Å². The number of furan rings is 1. The van der Waals surface area contributed by atoms with E-state index in [-0.39, 0.29) is 18.9 Å². The van der Waals surface area contributed by atoms with Gasteiger partial charge in [0, 0.05) is 5.69 Å². The van der Waals surface area contributed by atoms with Crippen molar-refractivity contribution in [3.8, 4) is 0 Å². The molecule has 0 fully saturated rings. The molecule has 1 unspecified atom stereocenters. The van der Waals surface area contributed by atoms with Crippen molar-refractivity contribution in [2.75, 3.05) is 5.32 Å². The maximum Gasteiger partial charge on any atom is 0.321 e. The first-order valence-electron chi connectivity index (χ1n) is 7.46. The Balaban J connectivity index is 1.93. The number of carboxylic acid groups (broad SMARTS) is 1. The highest BCUT2D eigenvalue weighted by atomic mass is 16.4. The summed E-state index contributed by atoms with van der Waals surface area (Å²) in [6.45, 7) is 2.25. The van der Waals surface area contributed by atoms with Gasteiger partial charge < -0.3 is 14.8 Å². The molecule has 1 aromatic heterocycles. The van der Waals surface area contributed by atoms with E-state index in [4.69, 9.17) is 4.42 Å². The van der Waals surface area contributed by atoms with Crippen LogP contribution in [0.3, 0.4) is 0 Å². The smallest absolute Gasteiger partial charge is 0.321 e. The molecule has 0 aliphatic carbocycles. The maximum atomic E-state index is 12.1. The number of benzene rings is 1. The largest absolute Gasteiger partial charge is 0.480 e. The zero-order valence-corrected chi connectivity index (χ0v) is 12.9.